The van der Waals surface area contributed by atoms with Gasteiger partial charge in [0.25, 0.3) is 5.91 Å². The Bertz CT molecular complexity index is 487. The van der Waals surface area contributed by atoms with Crippen molar-refractivity contribution < 1.29 is 14.3 Å². The lowest BCUT2D eigenvalue weighted by atomic mass is 10.2. The lowest BCUT2D eigenvalue weighted by molar-refractivity contribution is -0.149. The molecule has 1 aromatic heterocycles. The molecule has 1 aliphatic heterocycles. The van der Waals surface area contributed by atoms with E-state index in [-0.39, 0.29) is 11.9 Å². The number of thiophene rings is 1. The number of esters is 1. The van der Waals surface area contributed by atoms with Crippen molar-refractivity contribution in [1.29, 1.82) is 0 Å². The fourth-order valence-corrected chi connectivity index (χ4v) is 3.12. The average molecular weight is 296 g/mol. The quantitative estimate of drug-likeness (QED) is 0.851. The Balaban J connectivity index is 2.14. The second-order valence-corrected chi connectivity index (χ2v) is 5.76. The highest BCUT2D eigenvalue weighted by molar-refractivity contribution is 7.14. The number of rotatable bonds is 4. The highest BCUT2D eigenvalue weighted by Crippen LogP contribution is 2.20. The van der Waals surface area contributed by atoms with Gasteiger partial charge in [-0.05, 0) is 25.5 Å². The summed E-state index contributed by atoms with van der Waals surface area (Å²) in [6, 6.07) is 3.29. The molecule has 1 atom stereocenters. The topological polar surface area (TPSA) is 58.6 Å². The Morgan fingerprint density at radius 1 is 1.45 bits per heavy atom. The van der Waals surface area contributed by atoms with Crippen molar-refractivity contribution in [2.75, 3.05) is 26.2 Å². The number of aryl methyl sites for hydroxylation is 1. The van der Waals surface area contributed by atoms with Gasteiger partial charge < -0.3 is 15.0 Å². The van der Waals surface area contributed by atoms with Gasteiger partial charge in [0.15, 0.2) is 0 Å². The van der Waals surface area contributed by atoms with Gasteiger partial charge in [-0.2, -0.15) is 0 Å². The van der Waals surface area contributed by atoms with Crippen LogP contribution in [0.2, 0.25) is 0 Å². The molecule has 1 N–H and O–H groups in total. The summed E-state index contributed by atoms with van der Waals surface area (Å²) >= 11 is 1.50. The first-order valence-electron chi connectivity index (χ1n) is 6.94. The average Bonchev–Trinajstić information content (AvgIpc) is 2.95. The number of hydrogen-bond acceptors (Lipinski definition) is 5. The highest BCUT2D eigenvalue weighted by atomic mass is 32.1. The van der Waals surface area contributed by atoms with E-state index in [0.717, 1.165) is 6.42 Å². The molecule has 20 heavy (non-hydrogen) atoms. The molecule has 0 aromatic carbocycles. The van der Waals surface area contributed by atoms with Crippen molar-refractivity contribution in [3.05, 3.63) is 21.9 Å². The number of piperazine rings is 1. The van der Waals surface area contributed by atoms with Gasteiger partial charge in [-0.3, -0.25) is 4.79 Å². The predicted molar refractivity (Wildman–Crippen MR) is 78.0 cm³/mol. The van der Waals surface area contributed by atoms with Gasteiger partial charge in [-0.15, -0.1) is 11.3 Å². The first-order chi connectivity index (χ1) is 9.67. The summed E-state index contributed by atoms with van der Waals surface area (Å²) in [6.45, 7) is 5.85. The maximum atomic E-state index is 12.5. The number of carbonyl (C=O) groups excluding carboxylic acids is 2. The zero-order valence-corrected chi connectivity index (χ0v) is 12.7. The van der Waals surface area contributed by atoms with Crippen molar-refractivity contribution in [3.8, 4) is 0 Å². The Labute approximate surface area is 122 Å². The minimum atomic E-state index is -0.525. The van der Waals surface area contributed by atoms with Crippen molar-refractivity contribution >= 4 is 23.2 Å². The monoisotopic (exact) mass is 296 g/mol. The summed E-state index contributed by atoms with van der Waals surface area (Å²) in [7, 11) is 0. The molecule has 2 heterocycles. The van der Waals surface area contributed by atoms with Crippen LogP contribution in [0.25, 0.3) is 0 Å². The van der Waals surface area contributed by atoms with Gasteiger partial charge >= 0.3 is 5.97 Å². The maximum absolute atomic E-state index is 12.5. The van der Waals surface area contributed by atoms with E-state index in [2.05, 4.69) is 12.2 Å². The molecule has 2 rings (SSSR count). The van der Waals surface area contributed by atoms with Crippen molar-refractivity contribution in [2.24, 2.45) is 0 Å². The van der Waals surface area contributed by atoms with E-state index in [1.54, 1.807) is 11.8 Å². The maximum Gasteiger partial charge on any atom is 0.330 e. The van der Waals surface area contributed by atoms with Gasteiger partial charge in [0.1, 0.15) is 6.04 Å². The Kier molecular flexibility index (Phi) is 5.14. The van der Waals surface area contributed by atoms with Crippen LogP contribution in [0.1, 0.15) is 28.4 Å². The van der Waals surface area contributed by atoms with Gasteiger partial charge in [-0.25, -0.2) is 4.79 Å². The van der Waals surface area contributed by atoms with E-state index in [0.29, 0.717) is 31.1 Å². The molecule has 1 aromatic rings. The van der Waals surface area contributed by atoms with Gasteiger partial charge in [-0.1, -0.05) is 6.92 Å². The zero-order valence-electron chi connectivity index (χ0n) is 11.8. The van der Waals surface area contributed by atoms with E-state index in [4.69, 9.17) is 4.74 Å². The van der Waals surface area contributed by atoms with Crippen molar-refractivity contribution in [3.63, 3.8) is 0 Å². The molecular weight excluding hydrogens is 276 g/mol. The lowest BCUT2D eigenvalue weighted by Gasteiger charge is -2.34. The largest absolute Gasteiger partial charge is 0.464 e. The van der Waals surface area contributed by atoms with Gasteiger partial charge in [0, 0.05) is 24.5 Å². The zero-order chi connectivity index (χ0) is 14.5. The Hall–Kier alpha value is -1.40. The number of carbonyl (C=O) groups is 2. The van der Waals surface area contributed by atoms with Crippen LogP contribution in [0.5, 0.6) is 0 Å². The second-order valence-electron chi connectivity index (χ2n) is 4.59. The third-order valence-electron chi connectivity index (χ3n) is 3.28. The van der Waals surface area contributed by atoms with Gasteiger partial charge in [0.2, 0.25) is 0 Å². The molecule has 6 heteroatoms. The van der Waals surface area contributed by atoms with Crippen LogP contribution in [0, 0.1) is 0 Å². The molecule has 110 valence electrons. The Morgan fingerprint density at radius 3 is 2.90 bits per heavy atom. The molecule has 0 spiro atoms. The van der Waals surface area contributed by atoms with Crippen LogP contribution in [-0.4, -0.2) is 49.1 Å². The summed E-state index contributed by atoms with van der Waals surface area (Å²) < 4.78 is 5.05. The molecule has 0 saturated carbocycles. The number of hydrogen-bond donors (Lipinski definition) is 1. The summed E-state index contributed by atoms with van der Waals surface area (Å²) in [4.78, 5) is 28.0. The van der Waals surface area contributed by atoms with E-state index in [1.165, 1.54) is 16.2 Å². The minimum Gasteiger partial charge on any atom is -0.464 e. The third kappa shape index (κ3) is 3.19. The van der Waals surface area contributed by atoms with E-state index in [1.807, 2.05) is 12.1 Å². The van der Waals surface area contributed by atoms with Crippen LogP contribution >= 0.6 is 11.3 Å². The molecule has 1 saturated heterocycles. The van der Waals surface area contributed by atoms with Crippen LogP contribution in [-0.2, 0) is 16.0 Å². The predicted octanol–water partition coefficient (Wildman–Crippen LogP) is 1.29. The fourth-order valence-electron chi connectivity index (χ4n) is 2.22. The van der Waals surface area contributed by atoms with E-state index >= 15 is 0 Å². The normalized spacial score (nSPS) is 18.9. The Morgan fingerprint density at radius 2 is 2.25 bits per heavy atom. The third-order valence-corrected chi connectivity index (χ3v) is 4.50. The SMILES string of the molecule is CCOC(=O)C1CNCCN1C(=O)c1ccc(CC)s1. The molecule has 1 aliphatic rings. The van der Waals surface area contributed by atoms with Crippen LogP contribution in [0.15, 0.2) is 12.1 Å². The second kappa shape index (κ2) is 6.85. The molecule has 1 amide bonds. The molecule has 1 unspecified atom stereocenters. The summed E-state index contributed by atoms with van der Waals surface area (Å²) in [5.74, 6) is -0.408. The number of ether oxygens (including phenoxy) is 1. The summed E-state index contributed by atoms with van der Waals surface area (Å²) in [6.07, 6.45) is 0.917. The first kappa shape index (κ1) is 15.0. The van der Waals surface area contributed by atoms with Crippen LogP contribution < -0.4 is 5.32 Å². The molecule has 0 radical (unpaired) electrons. The first-order valence-corrected chi connectivity index (χ1v) is 7.76. The standard InChI is InChI=1S/C14H20N2O3S/c1-3-10-5-6-12(20-10)13(17)16-8-7-15-9-11(16)14(18)19-4-2/h5-6,11,15H,3-4,7-9H2,1-2H3. The minimum absolute atomic E-state index is 0.0748. The van der Waals surface area contributed by atoms with E-state index < -0.39 is 6.04 Å². The smallest absolute Gasteiger partial charge is 0.330 e. The summed E-state index contributed by atoms with van der Waals surface area (Å²) in [5, 5.41) is 3.14. The van der Waals surface area contributed by atoms with Gasteiger partial charge in [0.05, 0.1) is 11.5 Å². The molecule has 0 bridgehead atoms. The van der Waals surface area contributed by atoms with E-state index in [9.17, 15) is 9.59 Å². The molecular formula is C14H20N2O3S. The van der Waals surface area contributed by atoms with Crippen molar-refractivity contribution in [1.82, 2.24) is 10.2 Å². The number of amides is 1. The lowest BCUT2D eigenvalue weighted by Crippen LogP contribution is -2.57. The molecule has 1 fully saturated rings. The van der Waals surface area contributed by atoms with Crippen molar-refractivity contribution in [2.45, 2.75) is 26.3 Å². The fraction of sp³-hybridized carbons (Fsp3) is 0.571. The van der Waals surface area contributed by atoms with Crippen LogP contribution in [0.4, 0.5) is 0 Å². The number of nitrogens with one attached hydrogen (secondary N) is 1. The number of nitrogens with zero attached hydrogens (tertiary/aromatic N) is 1. The molecule has 5 nitrogen and oxygen atoms in total. The highest BCUT2D eigenvalue weighted by Gasteiger charge is 2.34. The summed E-state index contributed by atoms with van der Waals surface area (Å²) in [5.41, 5.74) is 0. The van der Waals surface area contributed by atoms with Crippen LogP contribution in [0.3, 0.4) is 0 Å². The molecule has 0 aliphatic carbocycles.